The van der Waals surface area contributed by atoms with Gasteiger partial charge in [-0.1, -0.05) is 12.1 Å². The van der Waals surface area contributed by atoms with Gasteiger partial charge in [-0.25, -0.2) is 12.7 Å². The van der Waals surface area contributed by atoms with Crippen molar-refractivity contribution in [3.8, 4) is 5.69 Å². The van der Waals surface area contributed by atoms with Gasteiger partial charge in [0.1, 0.15) is 0 Å². The van der Waals surface area contributed by atoms with E-state index in [1.807, 2.05) is 55.1 Å². The zero-order valence-electron chi connectivity index (χ0n) is 16.3. The lowest BCUT2D eigenvalue weighted by Crippen LogP contribution is -2.22. The molecule has 0 unspecified atom stereocenters. The number of sulfonamides is 1. The molecule has 0 fully saturated rings. The molecule has 0 aliphatic heterocycles. The molecule has 0 spiro atoms. The number of amides is 1. The van der Waals surface area contributed by atoms with Crippen LogP contribution in [0.1, 0.15) is 21.5 Å². The molecule has 1 amide bonds. The minimum atomic E-state index is -3.58. The molecule has 0 atom stereocenters. The summed E-state index contributed by atoms with van der Waals surface area (Å²) in [7, 11) is -0.630. The third-order valence-electron chi connectivity index (χ3n) is 4.59. The Hall–Kier alpha value is -2.90. The number of benzene rings is 2. The summed E-state index contributed by atoms with van der Waals surface area (Å²) in [5.74, 6) is -0.295. The van der Waals surface area contributed by atoms with Gasteiger partial charge in [0.05, 0.1) is 4.90 Å². The van der Waals surface area contributed by atoms with Crippen molar-refractivity contribution in [3.05, 3.63) is 77.6 Å². The second-order valence-electron chi connectivity index (χ2n) is 6.81. The second kappa shape index (κ2) is 7.61. The van der Waals surface area contributed by atoms with Crippen molar-refractivity contribution in [1.29, 1.82) is 0 Å². The fraction of sp³-hybridized carbons (Fsp3) is 0.190. The van der Waals surface area contributed by atoms with Gasteiger partial charge < -0.3 is 9.88 Å². The van der Waals surface area contributed by atoms with Gasteiger partial charge in [-0.2, -0.15) is 0 Å². The summed E-state index contributed by atoms with van der Waals surface area (Å²) in [5.41, 5.74) is 3.70. The first kappa shape index (κ1) is 19.9. The largest absolute Gasteiger partial charge is 0.324 e. The highest BCUT2D eigenvalue weighted by molar-refractivity contribution is 7.89. The average molecular weight is 398 g/mol. The molecule has 0 aliphatic carbocycles. The summed E-state index contributed by atoms with van der Waals surface area (Å²) < 4.78 is 27.8. The molecule has 1 heterocycles. The van der Waals surface area contributed by atoms with Crippen LogP contribution in [0.5, 0.6) is 0 Å². The minimum absolute atomic E-state index is 0.135. The van der Waals surface area contributed by atoms with Gasteiger partial charge in [0, 0.05) is 43.4 Å². The maximum atomic E-state index is 12.8. The number of aryl methyl sites for hydroxylation is 2. The number of nitrogens with one attached hydrogen (secondary N) is 1. The number of hydrogen-bond donors (Lipinski definition) is 1. The molecule has 2 aromatic carbocycles. The highest BCUT2D eigenvalue weighted by atomic mass is 32.2. The van der Waals surface area contributed by atoms with Crippen molar-refractivity contribution < 1.29 is 13.2 Å². The molecule has 0 aliphatic rings. The van der Waals surface area contributed by atoms with Crippen LogP contribution in [-0.4, -0.2) is 37.3 Å². The summed E-state index contributed by atoms with van der Waals surface area (Å²) in [5, 5.41) is 2.84. The van der Waals surface area contributed by atoms with Crippen molar-refractivity contribution >= 4 is 21.6 Å². The Morgan fingerprint density at radius 1 is 0.964 bits per heavy atom. The van der Waals surface area contributed by atoms with E-state index in [-0.39, 0.29) is 10.8 Å². The van der Waals surface area contributed by atoms with Crippen LogP contribution in [0, 0.1) is 13.8 Å². The number of hydrogen-bond acceptors (Lipinski definition) is 3. The zero-order valence-corrected chi connectivity index (χ0v) is 17.1. The predicted octanol–water partition coefficient (Wildman–Crippen LogP) is 3.60. The Morgan fingerprint density at radius 2 is 1.61 bits per heavy atom. The zero-order chi connectivity index (χ0) is 20.5. The number of anilines is 1. The Morgan fingerprint density at radius 3 is 2.25 bits per heavy atom. The third kappa shape index (κ3) is 3.85. The van der Waals surface area contributed by atoms with E-state index < -0.39 is 10.0 Å². The topological polar surface area (TPSA) is 71.4 Å². The van der Waals surface area contributed by atoms with Crippen LogP contribution in [0.4, 0.5) is 5.69 Å². The van der Waals surface area contributed by atoms with E-state index in [1.165, 1.54) is 26.2 Å². The monoisotopic (exact) mass is 397 g/mol. The molecule has 6 nitrogen and oxygen atoms in total. The predicted molar refractivity (Wildman–Crippen MR) is 111 cm³/mol. The Labute approximate surface area is 165 Å². The van der Waals surface area contributed by atoms with Crippen LogP contribution in [0.3, 0.4) is 0 Å². The molecule has 28 heavy (non-hydrogen) atoms. The van der Waals surface area contributed by atoms with Crippen LogP contribution in [0.25, 0.3) is 5.69 Å². The van der Waals surface area contributed by atoms with E-state index in [0.29, 0.717) is 11.3 Å². The second-order valence-corrected chi connectivity index (χ2v) is 8.96. The smallest absolute Gasteiger partial charge is 0.255 e. The van der Waals surface area contributed by atoms with E-state index in [1.54, 1.807) is 12.1 Å². The van der Waals surface area contributed by atoms with Gasteiger partial charge in [0.2, 0.25) is 10.0 Å². The van der Waals surface area contributed by atoms with E-state index >= 15 is 0 Å². The molecule has 146 valence electrons. The fourth-order valence-corrected chi connectivity index (χ4v) is 3.75. The lowest BCUT2D eigenvalue weighted by molar-refractivity contribution is 0.102. The maximum absolute atomic E-state index is 12.8. The Kier molecular flexibility index (Phi) is 5.40. The van der Waals surface area contributed by atoms with Crippen molar-refractivity contribution in [2.24, 2.45) is 0 Å². The van der Waals surface area contributed by atoms with Gasteiger partial charge in [-0.05, 0) is 61.4 Å². The van der Waals surface area contributed by atoms with E-state index in [0.717, 1.165) is 21.1 Å². The first-order chi connectivity index (χ1) is 13.2. The highest BCUT2D eigenvalue weighted by Gasteiger charge is 2.19. The third-order valence-corrected chi connectivity index (χ3v) is 6.40. The van der Waals surface area contributed by atoms with Crippen molar-refractivity contribution in [1.82, 2.24) is 8.87 Å². The SMILES string of the molecule is Cc1ccc(S(=O)(=O)N(C)C)cc1NC(=O)c1ccc(C)c(-n2cccc2)c1. The van der Waals surface area contributed by atoms with Gasteiger partial charge in [-0.3, -0.25) is 4.79 Å². The summed E-state index contributed by atoms with van der Waals surface area (Å²) in [4.78, 5) is 12.9. The molecule has 3 rings (SSSR count). The molecule has 1 N–H and O–H groups in total. The highest BCUT2D eigenvalue weighted by Crippen LogP contribution is 2.23. The van der Waals surface area contributed by atoms with Crippen LogP contribution in [0.2, 0.25) is 0 Å². The molecule has 1 aromatic heterocycles. The van der Waals surface area contributed by atoms with Gasteiger partial charge >= 0.3 is 0 Å². The molecular formula is C21H23N3O3S. The Balaban J connectivity index is 1.93. The number of carbonyl (C=O) groups is 1. The summed E-state index contributed by atoms with van der Waals surface area (Å²) in [6, 6.07) is 14.0. The van der Waals surface area contributed by atoms with Crippen molar-refractivity contribution in [2.75, 3.05) is 19.4 Å². The van der Waals surface area contributed by atoms with Crippen LogP contribution < -0.4 is 5.32 Å². The number of rotatable bonds is 5. The lowest BCUT2D eigenvalue weighted by Gasteiger charge is -2.15. The average Bonchev–Trinajstić information content (AvgIpc) is 3.18. The number of aromatic nitrogens is 1. The number of nitrogens with zero attached hydrogens (tertiary/aromatic N) is 2. The van der Waals surface area contributed by atoms with E-state index in [4.69, 9.17) is 0 Å². The molecule has 0 saturated carbocycles. The standard InChI is InChI=1S/C21H23N3O3S/c1-15-8-10-18(28(26,27)23(3)4)14-19(15)22-21(25)17-9-7-16(2)20(13-17)24-11-5-6-12-24/h5-14H,1-4H3,(H,22,25). The quantitative estimate of drug-likeness (QED) is 0.715. The molecular weight excluding hydrogens is 374 g/mol. The summed E-state index contributed by atoms with van der Waals surface area (Å²) in [6.07, 6.45) is 3.84. The molecule has 0 radical (unpaired) electrons. The summed E-state index contributed by atoms with van der Waals surface area (Å²) in [6.45, 7) is 3.80. The van der Waals surface area contributed by atoms with Gasteiger partial charge in [0.15, 0.2) is 0 Å². The summed E-state index contributed by atoms with van der Waals surface area (Å²) >= 11 is 0. The van der Waals surface area contributed by atoms with Crippen molar-refractivity contribution in [2.45, 2.75) is 18.7 Å². The van der Waals surface area contributed by atoms with Gasteiger partial charge in [-0.15, -0.1) is 0 Å². The fourth-order valence-electron chi connectivity index (χ4n) is 2.83. The molecule has 0 saturated heterocycles. The lowest BCUT2D eigenvalue weighted by atomic mass is 10.1. The molecule has 7 heteroatoms. The number of carbonyl (C=O) groups excluding carboxylic acids is 1. The Bertz CT molecular complexity index is 1120. The van der Waals surface area contributed by atoms with Crippen molar-refractivity contribution in [3.63, 3.8) is 0 Å². The van der Waals surface area contributed by atoms with E-state index in [9.17, 15) is 13.2 Å². The van der Waals surface area contributed by atoms with Crippen LogP contribution >= 0.6 is 0 Å². The molecule has 3 aromatic rings. The normalized spacial score (nSPS) is 11.6. The van der Waals surface area contributed by atoms with Crippen LogP contribution in [-0.2, 0) is 10.0 Å². The van der Waals surface area contributed by atoms with E-state index in [2.05, 4.69) is 5.32 Å². The minimum Gasteiger partial charge on any atom is -0.324 e. The molecule has 0 bridgehead atoms. The van der Waals surface area contributed by atoms with Crippen LogP contribution in [0.15, 0.2) is 65.8 Å². The van der Waals surface area contributed by atoms with Gasteiger partial charge in [0.25, 0.3) is 5.91 Å². The first-order valence-electron chi connectivity index (χ1n) is 8.78. The maximum Gasteiger partial charge on any atom is 0.255 e. The first-order valence-corrected chi connectivity index (χ1v) is 10.2.